The Labute approximate surface area is 114 Å². The molecule has 0 bridgehead atoms. The van der Waals surface area contributed by atoms with Gasteiger partial charge < -0.3 is 5.32 Å². The summed E-state index contributed by atoms with van der Waals surface area (Å²) in [6.45, 7) is 4.26. The second-order valence-electron chi connectivity index (χ2n) is 5.56. The van der Waals surface area contributed by atoms with Gasteiger partial charge in [-0.3, -0.25) is 4.79 Å². The van der Waals surface area contributed by atoms with E-state index in [-0.39, 0.29) is 14.6 Å². The van der Waals surface area contributed by atoms with Gasteiger partial charge in [-0.2, -0.15) is 0 Å². The number of halogens is 2. The van der Waals surface area contributed by atoms with Crippen LogP contribution in [0.1, 0.15) is 46.0 Å². The van der Waals surface area contributed by atoms with Crippen molar-refractivity contribution in [3.63, 3.8) is 0 Å². The Morgan fingerprint density at radius 2 is 1.88 bits per heavy atom. The first-order valence-corrected chi connectivity index (χ1v) is 7.64. The molecular weight excluding hydrogens is 334 g/mol. The van der Waals surface area contributed by atoms with Crippen molar-refractivity contribution in [2.24, 2.45) is 11.3 Å². The average molecular weight is 353 g/mol. The molecule has 0 spiro atoms. The first kappa shape index (κ1) is 12.9. The predicted octanol–water partition coefficient (Wildman–Crippen LogP) is 3.58. The maximum atomic E-state index is 12.2. The Bertz CT molecular complexity index is 305. The van der Waals surface area contributed by atoms with Gasteiger partial charge in [0, 0.05) is 6.04 Å². The maximum absolute atomic E-state index is 12.2. The fourth-order valence-electron chi connectivity index (χ4n) is 2.50. The number of carbonyl (C=O) groups is 1. The summed E-state index contributed by atoms with van der Waals surface area (Å²) in [4.78, 5) is 12.2. The molecule has 2 fully saturated rings. The highest BCUT2D eigenvalue weighted by molar-refractivity contribution is 9.25. The predicted molar refractivity (Wildman–Crippen MR) is 72.9 cm³/mol. The van der Waals surface area contributed by atoms with E-state index in [0.717, 1.165) is 12.8 Å². The minimum absolute atomic E-state index is 0.172. The topological polar surface area (TPSA) is 29.1 Å². The molecule has 0 radical (unpaired) electrons. The molecule has 1 amide bonds. The number of amides is 1. The minimum atomic E-state index is -0.274. The van der Waals surface area contributed by atoms with Gasteiger partial charge >= 0.3 is 0 Å². The fourth-order valence-corrected chi connectivity index (χ4v) is 3.99. The molecule has 2 rings (SSSR count). The Morgan fingerprint density at radius 1 is 1.31 bits per heavy atom. The third kappa shape index (κ3) is 2.20. The number of rotatable bonds is 2. The van der Waals surface area contributed by atoms with Crippen LogP contribution >= 0.6 is 31.9 Å². The summed E-state index contributed by atoms with van der Waals surface area (Å²) in [6.07, 6.45) is 5.81. The van der Waals surface area contributed by atoms with E-state index in [1.807, 2.05) is 6.92 Å². The molecule has 2 nitrogen and oxygen atoms in total. The van der Waals surface area contributed by atoms with Gasteiger partial charge in [-0.15, -0.1) is 0 Å². The molecule has 0 aromatic carbocycles. The third-order valence-electron chi connectivity index (χ3n) is 4.19. The number of hydrogen-bond donors (Lipinski definition) is 1. The van der Waals surface area contributed by atoms with E-state index in [4.69, 9.17) is 0 Å². The van der Waals surface area contributed by atoms with Gasteiger partial charge in [-0.1, -0.05) is 51.6 Å². The van der Waals surface area contributed by atoms with Crippen molar-refractivity contribution in [3.05, 3.63) is 0 Å². The van der Waals surface area contributed by atoms with Crippen molar-refractivity contribution in [2.45, 2.75) is 55.2 Å². The van der Waals surface area contributed by atoms with Crippen LogP contribution in [0.4, 0.5) is 0 Å². The lowest BCUT2D eigenvalue weighted by molar-refractivity contribution is -0.127. The highest BCUT2D eigenvalue weighted by Crippen LogP contribution is 2.66. The molecule has 1 N–H and O–H groups in total. The molecule has 0 aliphatic heterocycles. The number of hydrogen-bond acceptors (Lipinski definition) is 1. The normalized spacial score (nSPS) is 41.5. The zero-order valence-corrected chi connectivity index (χ0v) is 13.0. The maximum Gasteiger partial charge on any atom is 0.228 e. The molecule has 0 saturated heterocycles. The summed E-state index contributed by atoms with van der Waals surface area (Å²) in [6, 6.07) is 0.384. The van der Waals surface area contributed by atoms with E-state index in [1.54, 1.807) is 0 Å². The molecule has 2 aliphatic carbocycles. The molecule has 4 heteroatoms. The van der Waals surface area contributed by atoms with Crippen LogP contribution < -0.4 is 5.32 Å². The van der Waals surface area contributed by atoms with E-state index >= 15 is 0 Å². The molecular formula is C12H19Br2NO. The fraction of sp³-hybridized carbons (Fsp3) is 0.917. The number of nitrogens with one attached hydrogen (secondary N) is 1. The monoisotopic (exact) mass is 351 g/mol. The van der Waals surface area contributed by atoms with Crippen LogP contribution in [0.15, 0.2) is 0 Å². The van der Waals surface area contributed by atoms with Gasteiger partial charge in [-0.05, 0) is 32.1 Å². The average Bonchev–Trinajstić information content (AvgIpc) is 2.71. The van der Waals surface area contributed by atoms with Crippen LogP contribution in [0.3, 0.4) is 0 Å². The molecule has 0 heterocycles. The van der Waals surface area contributed by atoms with Crippen LogP contribution in [0.25, 0.3) is 0 Å². The summed E-state index contributed by atoms with van der Waals surface area (Å²) in [5.74, 6) is 0.820. The van der Waals surface area contributed by atoms with E-state index in [2.05, 4.69) is 44.1 Å². The standard InChI is InChI=1S/C12H19Br2NO/c1-8-5-3-4-6-9(8)15-10(16)11(2)7-12(11,13)14/h8-9H,3-7H2,1-2H3,(H,15,16)/t8-,9-,11+/m1/s1. The number of carbonyl (C=O) groups excluding carboxylic acids is 1. The molecule has 3 atom stereocenters. The van der Waals surface area contributed by atoms with Crippen molar-refractivity contribution in [2.75, 3.05) is 0 Å². The third-order valence-corrected chi connectivity index (χ3v) is 6.50. The SMILES string of the molecule is C[C@@H]1CCCC[C@H]1NC(=O)[C@]1(C)CC1(Br)Br. The summed E-state index contributed by atoms with van der Waals surface area (Å²) < 4.78 is -0.172. The second-order valence-corrected chi connectivity index (χ2v) is 9.33. The summed E-state index contributed by atoms with van der Waals surface area (Å²) >= 11 is 7.09. The van der Waals surface area contributed by atoms with Crippen LogP contribution in [-0.4, -0.2) is 15.2 Å². The zero-order valence-electron chi connectivity index (χ0n) is 9.85. The van der Waals surface area contributed by atoms with Crippen LogP contribution in [0.5, 0.6) is 0 Å². The largest absolute Gasteiger partial charge is 0.353 e. The molecule has 0 aromatic heterocycles. The van der Waals surface area contributed by atoms with Gasteiger partial charge in [0.1, 0.15) is 0 Å². The highest BCUT2D eigenvalue weighted by atomic mass is 79.9. The first-order chi connectivity index (χ1) is 7.37. The zero-order chi connectivity index (χ0) is 12.0. The molecule has 0 unspecified atom stereocenters. The Hall–Kier alpha value is 0.430. The summed E-state index contributed by atoms with van der Waals surface area (Å²) in [7, 11) is 0. The molecule has 2 aliphatic rings. The van der Waals surface area contributed by atoms with Gasteiger partial charge in [0.05, 0.1) is 8.65 Å². The smallest absolute Gasteiger partial charge is 0.228 e. The lowest BCUT2D eigenvalue weighted by Gasteiger charge is -2.30. The van der Waals surface area contributed by atoms with Crippen molar-refractivity contribution >= 4 is 37.8 Å². The van der Waals surface area contributed by atoms with Crippen molar-refractivity contribution in [1.82, 2.24) is 5.32 Å². The van der Waals surface area contributed by atoms with Gasteiger partial charge in [0.2, 0.25) is 5.91 Å². The lowest BCUT2D eigenvalue weighted by Crippen LogP contribution is -2.44. The molecule has 2 saturated carbocycles. The van der Waals surface area contributed by atoms with Crippen LogP contribution in [-0.2, 0) is 4.79 Å². The molecule has 16 heavy (non-hydrogen) atoms. The Morgan fingerprint density at radius 3 is 2.38 bits per heavy atom. The van der Waals surface area contributed by atoms with Gasteiger partial charge in [0.25, 0.3) is 0 Å². The molecule has 0 aromatic rings. The van der Waals surface area contributed by atoms with Gasteiger partial charge in [0.15, 0.2) is 0 Å². The highest BCUT2D eigenvalue weighted by Gasteiger charge is 2.66. The van der Waals surface area contributed by atoms with Gasteiger partial charge in [-0.25, -0.2) is 0 Å². The van der Waals surface area contributed by atoms with Crippen LogP contribution in [0, 0.1) is 11.3 Å². The molecule has 92 valence electrons. The summed E-state index contributed by atoms with van der Waals surface area (Å²) in [5, 5.41) is 3.23. The number of alkyl halides is 2. The van der Waals surface area contributed by atoms with Crippen LogP contribution in [0.2, 0.25) is 0 Å². The van der Waals surface area contributed by atoms with Crippen molar-refractivity contribution in [3.8, 4) is 0 Å². The quantitative estimate of drug-likeness (QED) is 0.756. The van der Waals surface area contributed by atoms with E-state index < -0.39 is 0 Å². The first-order valence-electron chi connectivity index (χ1n) is 6.06. The van der Waals surface area contributed by atoms with E-state index in [1.165, 1.54) is 19.3 Å². The summed E-state index contributed by atoms with van der Waals surface area (Å²) in [5.41, 5.74) is -0.274. The second kappa shape index (κ2) is 4.27. The minimum Gasteiger partial charge on any atom is -0.353 e. The van der Waals surface area contributed by atoms with Crippen molar-refractivity contribution < 1.29 is 4.79 Å². The van der Waals surface area contributed by atoms with E-state index in [9.17, 15) is 4.79 Å². The van der Waals surface area contributed by atoms with Crippen molar-refractivity contribution in [1.29, 1.82) is 0 Å². The Balaban J connectivity index is 1.93. The lowest BCUT2D eigenvalue weighted by atomic mass is 9.85. The van der Waals surface area contributed by atoms with E-state index in [0.29, 0.717) is 12.0 Å². The Kier molecular flexibility index (Phi) is 3.44.